The van der Waals surface area contributed by atoms with E-state index >= 15 is 0 Å². The van der Waals surface area contributed by atoms with Crippen LogP contribution in [-0.2, 0) is 14.4 Å². The van der Waals surface area contributed by atoms with Gasteiger partial charge in [-0.25, -0.2) is 4.79 Å². The number of urea groups is 1. The highest BCUT2D eigenvalue weighted by Gasteiger charge is 2.28. The second-order valence-electron chi connectivity index (χ2n) is 6.69. The second kappa shape index (κ2) is 9.44. The summed E-state index contributed by atoms with van der Waals surface area (Å²) >= 11 is 6.71. The average molecular weight is 551 g/mol. The van der Waals surface area contributed by atoms with Crippen molar-refractivity contribution in [1.82, 2.24) is 10.6 Å². The van der Waals surface area contributed by atoms with Crippen LogP contribution in [0.3, 0.4) is 0 Å². The highest BCUT2D eigenvalue weighted by molar-refractivity contribution is 9.11. The molecule has 0 atom stereocenters. The Kier molecular flexibility index (Phi) is 6.91. The summed E-state index contributed by atoms with van der Waals surface area (Å²) in [6.07, 6.45) is 1.28. The minimum Gasteiger partial charge on any atom is -0.482 e. The predicted molar refractivity (Wildman–Crippen MR) is 122 cm³/mol. The Hall–Kier alpha value is -2.98. The number of benzene rings is 2. The maximum Gasteiger partial charge on any atom is 0.328 e. The summed E-state index contributed by atoms with van der Waals surface area (Å²) in [4.78, 5) is 47.8. The molecule has 3 N–H and O–H groups in total. The number of imide groups is 2. The Labute approximate surface area is 194 Å². The standard InChI is InChI=1S/C21H17Br2N3O5/c1-10-4-3-5-16(11(10)2)24-17(27)9-31-18-12(6-13(22)8-15(18)23)7-14-19(28)25-21(30)26-20(14)29/h3-8H,9H2,1-2H3,(H,24,27)(H2,25,26,28,29,30). The van der Waals surface area contributed by atoms with Crippen molar-refractivity contribution < 1.29 is 23.9 Å². The molecule has 160 valence electrons. The Morgan fingerprint density at radius 1 is 1.10 bits per heavy atom. The number of carbonyl (C=O) groups excluding carboxylic acids is 4. The van der Waals surface area contributed by atoms with Crippen molar-refractivity contribution in [2.24, 2.45) is 0 Å². The first-order chi connectivity index (χ1) is 14.7. The van der Waals surface area contributed by atoms with Crippen molar-refractivity contribution in [3.63, 3.8) is 0 Å². The smallest absolute Gasteiger partial charge is 0.328 e. The van der Waals surface area contributed by atoms with E-state index in [4.69, 9.17) is 4.74 Å². The van der Waals surface area contributed by atoms with E-state index < -0.39 is 17.8 Å². The molecule has 5 amide bonds. The van der Waals surface area contributed by atoms with Crippen molar-refractivity contribution >= 4 is 67.4 Å². The number of halogens is 2. The molecule has 2 aromatic carbocycles. The Bertz CT molecular complexity index is 1120. The van der Waals surface area contributed by atoms with Gasteiger partial charge in [-0.1, -0.05) is 28.1 Å². The SMILES string of the molecule is Cc1cccc(NC(=O)COc2c(Br)cc(Br)cc2C=C2C(=O)NC(=O)NC2=O)c1C. The molecule has 1 aliphatic rings. The molecule has 0 radical (unpaired) electrons. The van der Waals surface area contributed by atoms with Crippen LogP contribution in [0.4, 0.5) is 10.5 Å². The first-order valence-corrected chi connectivity index (χ1v) is 10.6. The van der Waals surface area contributed by atoms with Crippen LogP contribution in [0.1, 0.15) is 16.7 Å². The lowest BCUT2D eigenvalue weighted by Crippen LogP contribution is -2.51. The summed E-state index contributed by atoms with van der Waals surface area (Å²) in [5, 5.41) is 6.82. The van der Waals surface area contributed by atoms with Crippen LogP contribution in [-0.4, -0.2) is 30.4 Å². The van der Waals surface area contributed by atoms with Gasteiger partial charge in [-0.3, -0.25) is 25.0 Å². The molecule has 1 aliphatic heterocycles. The molecule has 0 spiro atoms. The van der Waals surface area contributed by atoms with Crippen LogP contribution in [0.15, 0.2) is 44.9 Å². The molecule has 0 aromatic heterocycles. The summed E-state index contributed by atoms with van der Waals surface area (Å²) in [7, 11) is 0. The first kappa shape index (κ1) is 22.7. The number of hydrogen-bond donors (Lipinski definition) is 3. The monoisotopic (exact) mass is 549 g/mol. The Balaban J connectivity index is 1.83. The summed E-state index contributed by atoms with van der Waals surface area (Å²) < 4.78 is 6.85. The van der Waals surface area contributed by atoms with E-state index in [1.54, 1.807) is 18.2 Å². The highest BCUT2D eigenvalue weighted by Crippen LogP contribution is 2.34. The lowest BCUT2D eigenvalue weighted by Gasteiger charge is -2.16. The zero-order chi connectivity index (χ0) is 22.7. The fourth-order valence-electron chi connectivity index (χ4n) is 2.81. The van der Waals surface area contributed by atoms with Gasteiger partial charge in [0.1, 0.15) is 11.3 Å². The molecule has 10 heteroatoms. The van der Waals surface area contributed by atoms with Gasteiger partial charge in [0, 0.05) is 15.7 Å². The summed E-state index contributed by atoms with van der Waals surface area (Å²) in [6, 6.07) is 8.02. The number of anilines is 1. The van der Waals surface area contributed by atoms with Gasteiger partial charge in [0.25, 0.3) is 17.7 Å². The molecule has 31 heavy (non-hydrogen) atoms. The van der Waals surface area contributed by atoms with Gasteiger partial charge >= 0.3 is 6.03 Å². The molecule has 2 aromatic rings. The number of barbiturate groups is 1. The number of carbonyl (C=O) groups is 4. The quantitative estimate of drug-likeness (QED) is 0.389. The lowest BCUT2D eigenvalue weighted by atomic mass is 10.1. The van der Waals surface area contributed by atoms with E-state index in [2.05, 4.69) is 37.2 Å². The van der Waals surface area contributed by atoms with Gasteiger partial charge in [-0.05, 0) is 65.2 Å². The minimum atomic E-state index is -0.887. The van der Waals surface area contributed by atoms with Gasteiger partial charge in [-0.15, -0.1) is 0 Å². The Morgan fingerprint density at radius 2 is 1.77 bits per heavy atom. The fraction of sp³-hybridized carbons (Fsp3) is 0.143. The van der Waals surface area contributed by atoms with Crippen LogP contribution >= 0.6 is 31.9 Å². The van der Waals surface area contributed by atoms with E-state index in [1.807, 2.05) is 36.6 Å². The largest absolute Gasteiger partial charge is 0.482 e. The number of nitrogens with one attached hydrogen (secondary N) is 3. The number of ether oxygens (including phenoxy) is 1. The third-order valence-electron chi connectivity index (χ3n) is 4.51. The maximum absolute atomic E-state index is 12.4. The van der Waals surface area contributed by atoms with E-state index in [9.17, 15) is 19.2 Å². The van der Waals surface area contributed by atoms with Gasteiger partial charge in [-0.2, -0.15) is 0 Å². The van der Waals surface area contributed by atoms with Crippen molar-refractivity contribution in [3.05, 3.63) is 61.5 Å². The average Bonchev–Trinajstić information content (AvgIpc) is 2.67. The molecular weight excluding hydrogens is 534 g/mol. The zero-order valence-electron chi connectivity index (χ0n) is 16.5. The molecule has 0 aliphatic carbocycles. The van der Waals surface area contributed by atoms with Crippen LogP contribution < -0.4 is 20.7 Å². The zero-order valence-corrected chi connectivity index (χ0v) is 19.6. The van der Waals surface area contributed by atoms with E-state index in [1.165, 1.54) is 6.08 Å². The second-order valence-corrected chi connectivity index (χ2v) is 8.46. The molecular formula is C21H17Br2N3O5. The molecule has 1 heterocycles. The van der Waals surface area contributed by atoms with Crippen LogP contribution in [0.2, 0.25) is 0 Å². The molecule has 8 nitrogen and oxygen atoms in total. The fourth-order valence-corrected chi connectivity index (χ4v) is 4.18. The van der Waals surface area contributed by atoms with Crippen molar-refractivity contribution in [3.8, 4) is 5.75 Å². The number of hydrogen-bond acceptors (Lipinski definition) is 5. The molecule has 1 fully saturated rings. The summed E-state index contributed by atoms with van der Waals surface area (Å²) in [5.41, 5.74) is 2.77. The van der Waals surface area contributed by atoms with Gasteiger partial charge in [0.2, 0.25) is 0 Å². The molecule has 0 saturated carbocycles. The predicted octanol–water partition coefficient (Wildman–Crippen LogP) is 3.60. The molecule has 0 unspecified atom stereocenters. The van der Waals surface area contributed by atoms with Crippen molar-refractivity contribution in [2.45, 2.75) is 13.8 Å². The minimum absolute atomic E-state index is 0.254. The maximum atomic E-state index is 12.4. The van der Waals surface area contributed by atoms with Gasteiger partial charge in [0.05, 0.1) is 4.47 Å². The highest BCUT2D eigenvalue weighted by atomic mass is 79.9. The number of aryl methyl sites for hydroxylation is 1. The van der Waals surface area contributed by atoms with Crippen LogP contribution in [0, 0.1) is 13.8 Å². The Morgan fingerprint density at radius 3 is 2.45 bits per heavy atom. The summed E-state index contributed by atoms with van der Waals surface area (Å²) in [5.74, 6) is -1.78. The molecule has 1 saturated heterocycles. The van der Waals surface area contributed by atoms with E-state index in [0.29, 0.717) is 20.2 Å². The third-order valence-corrected chi connectivity index (χ3v) is 5.55. The number of amides is 5. The van der Waals surface area contributed by atoms with E-state index in [0.717, 1.165) is 11.1 Å². The van der Waals surface area contributed by atoms with E-state index in [-0.39, 0.29) is 23.8 Å². The molecule has 0 bridgehead atoms. The van der Waals surface area contributed by atoms with Gasteiger partial charge < -0.3 is 10.1 Å². The van der Waals surface area contributed by atoms with Gasteiger partial charge in [0.15, 0.2) is 6.61 Å². The number of rotatable bonds is 5. The topological polar surface area (TPSA) is 114 Å². The summed E-state index contributed by atoms with van der Waals surface area (Å²) in [6.45, 7) is 3.55. The van der Waals surface area contributed by atoms with Crippen molar-refractivity contribution in [2.75, 3.05) is 11.9 Å². The lowest BCUT2D eigenvalue weighted by molar-refractivity contribution is -0.124. The van der Waals surface area contributed by atoms with Crippen LogP contribution in [0.25, 0.3) is 6.08 Å². The van der Waals surface area contributed by atoms with Crippen LogP contribution in [0.5, 0.6) is 5.75 Å². The first-order valence-electron chi connectivity index (χ1n) is 9.02. The normalized spacial score (nSPS) is 13.4. The van der Waals surface area contributed by atoms with Crippen molar-refractivity contribution in [1.29, 1.82) is 0 Å². The molecule has 3 rings (SSSR count). The third kappa shape index (κ3) is 5.39.